The molecule has 0 bridgehead atoms. The van der Waals surface area contributed by atoms with Crippen molar-refractivity contribution >= 4 is 5.91 Å². The molecule has 2 aliphatic rings. The summed E-state index contributed by atoms with van der Waals surface area (Å²) in [6.45, 7) is 2.29. The molecule has 2 aliphatic carbocycles. The van der Waals surface area contributed by atoms with Crippen molar-refractivity contribution in [3.8, 4) is 0 Å². The molecule has 3 nitrogen and oxygen atoms in total. The molecular weight excluding hydrogens is 166 g/mol. The zero-order chi connectivity index (χ0) is 9.47. The molecule has 2 N–H and O–H groups in total. The van der Waals surface area contributed by atoms with Gasteiger partial charge in [0.05, 0.1) is 0 Å². The van der Waals surface area contributed by atoms with Gasteiger partial charge in [0.1, 0.15) is 0 Å². The van der Waals surface area contributed by atoms with Crippen LogP contribution >= 0.6 is 0 Å². The lowest BCUT2D eigenvalue weighted by atomic mass is 9.80. The van der Waals surface area contributed by atoms with Crippen molar-refractivity contribution in [3.63, 3.8) is 0 Å². The van der Waals surface area contributed by atoms with Gasteiger partial charge in [0.2, 0.25) is 5.91 Å². The number of hydrogen-bond donors (Lipinski definition) is 2. The lowest BCUT2D eigenvalue weighted by molar-refractivity contribution is -0.127. The molecular formula is C10H17NO2. The van der Waals surface area contributed by atoms with Crippen LogP contribution in [0.2, 0.25) is 0 Å². The highest BCUT2D eigenvalue weighted by Crippen LogP contribution is 2.45. The maximum atomic E-state index is 11.6. The standard InChI is InChI=1S/C10H17NO2/c1-10(2-3-10)9(13)11-8-4-7(5-8)6-12/h7-8,12H,2-6H2,1H3,(H,11,13). The predicted octanol–water partition coefficient (Wildman–Crippen LogP) is 0.674. The van der Waals surface area contributed by atoms with Crippen molar-refractivity contribution in [1.82, 2.24) is 5.32 Å². The van der Waals surface area contributed by atoms with Crippen molar-refractivity contribution in [3.05, 3.63) is 0 Å². The highest BCUT2D eigenvalue weighted by atomic mass is 16.3. The Bertz CT molecular complexity index is 217. The minimum Gasteiger partial charge on any atom is -0.396 e. The summed E-state index contributed by atoms with van der Waals surface area (Å²) < 4.78 is 0. The minimum absolute atomic E-state index is 0.0513. The average molecular weight is 183 g/mol. The van der Waals surface area contributed by atoms with Gasteiger partial charge in [-0.3, -0.25) is 4.79 Å². The first-order valence-corrected chi connectivity index (χ1v) is 5.06. The van der Waals surface area contributed by atoms with Gasteiger partial charge in [0, 0.05) is 18.1 Å². The highest BCUT2D eigenvalue weighted by molar-refractivity contribution is 5.85. The highest BCUT2D eigenvalue weighted by Gasteiger charge is 2.46. The van der Waals surface area contributed by atoms with E-state index in [2.05, 4.69) is 5.32 Å². The van der Waals surface area contributed by atoms with Crippen LogP contribution in [0.1, 0.15) is 32.6 Å². The summed E-state index contributed by atoms with van der Waals surface area (Å²) >= 11 is 0. The molecule has 0 aliphatic heterocycles. The first kappa shape index (κ1) is 9.00. The van der Waals surface area contributed by atoms with Crippen LogP contribution in [0.5, 0.6) is 0 Å². The van der Waals surface area contributed by atoms with E-state index in [1.165, 1.54) is 0 Å². The van der Waals surface area contributed by atoms with E-state index in [0.29, 0.717) is 12.0 Å². The average Bonchev–Trinajstić information content (AvgIpc) is 2.76. The normalized spacial score (nSPS) is 34.9. The monoisotopic (exact) mass is 183 g/mol. The Labute approximate surface area is 78.5 Å². The van der Waals surface area contributed by atoms with Gasteiger partial charge < -0.3 is 10.4 Å². The zero-order valence-electron chi connectivity index (χ0n) is 8.05. The van der Waals surface area contributed by atoms with E-state index in [0.717, 1.165) is 25.7 Å². The van der Waals surface area contributed by atoms with E-state index < -0.39 is 0 Å². The van der Waals surface area contributed by atoms with Crippen LogP contribution < -0.4 is 5.32 Å². The van der Waals surface area contributed by atoms with Gasteiger partial charge in [-0.25, -0.2) is 0 Å². The number of amides is 1. The molecule has 0 aromatic heterocycles. The number of carbonyl (C=O) groups excluding carboxylic acids is 1. The van der Waals surface area contributed by atoms with Crippen LogP contribution in [-0.2, 0) is 4.79 Å². The molecule has 13 heavy (non-hydrogen) atoms. The molecule has 74 valence electrons. The molecule has 0 spiro atoms. The molecule has 3 heteroatoms. The fraction of sp³-hybridized carbons (Fsp3) is 0.900. The Morgan fingerprint density at radius 3 is 2.62 bits per heavy atom. The quantitative estimate of drug-likeness (QED) is 0.675. The van der Waals surface area contributed by atoms with Crippen molar-refractivity contribution < 1.29 is 9.90 Å². The predicted molar refractivity (Wildman–Crippen MR) is 49.1 cm³/mol. The van der Waals surface area contributed by atoms with Gasteiger partial charge in [-0.1, -0.05) is 6.92 Å². The molecule has 0 aromatic rings. The lowest BCUT2D eigenvalue weighted by Crippen LogP contribution is -2.47. The summed E-state index contributed by atoms with van der Waals surface area (Å²) in [7, 11) is 0. The van der Waals surface area contributed by atoms with Gasteiger partial charge in [-0.2, -0.15) is 0 Å². The molecule has 0 saturated heterocycles. The SMILES string of the molecule is CC1(C(=O)NC2CC(CO)C2)CC1. The fourth-order valence-electron chi connectivity index (χ4n) is 1.78. The van der Waals surface area contributed by atoms with Gasteiger partial charge >= 0.3 is 0 Å². The Morgan fingerprint density at radius 2 is 2.15 bits per heavy atom. The van der Waals surface area contributed by atoms with Gasteiger partial charge in [-0.05, 0) is 31.6 Å². The Kier molecular flexibility index (Phi) is 2.06. The third-order valence-corrected chi connectivity index (χ3v) is 3.38. The van der Waals surface area contributed by atoms with Crippen molar-refractivity contribution in [2.75, 3.05) is 6.61 Å². The van der Waals surface area contributed by atoms with Crippen LogP contribution in [0.3, 0.4) is 0 Å². The molecule has 2 rings (SSSR count). The summed E-state index contributed by atoms with van der Waals surface area (Å²) in [6, 6.07) is 0.335. The number of carbonyl (C=O) groups is 1. The number of aliphatic hydroxyl groups excluding tert-OH is 1. The minimum atomic E-state index is -0.0513. The molecule has 0 heterocycles. The zero-order valence-corrected chi connectivity index (χ0v) is 8.05. The first-order valence-electron chi connectivity index (χ1n) is 5.06. The molecule has 0 atom stereocenters. The second-order valence-corrected chi connectivity index (χ2v) is 4.75. The molecule has 2 saturated carbocycles. The molecule has 0 radical (unpaired) electrons. The second kappa shape index (κ2) is 2.98. The fourth-order valence-corrected chi connectivity index (χ4v) is 1.78. The lowest BCUT2D eigenvalue weighted by Gasteiger charge is -2.35. The summed E-state index contributed by atoms with van der Waals surface area (Å²) in [4.78, 5) is 11.6. The van der Waals surface area contributed by atoms with E-state index in [1.807, 2.05) is 6.92 Å². The summed E-state index contributed by atoms with van der Waals surface area (Å²) in [5.41, 5.74) is -0.0513. The number of rotatable bonds is 3. The molecule has 1 amide bonds. The van der Waals surface area contributed by atoms with E-state index in [9.17, 15) is 4.79 Å². The van der Waals surface area contributed by atoms with Crippen molar-refractivity contribution in [2.24, 2.45) is 11.3 Å². The summed E-state index contributed by atoms with van der Waals surface area (Å²) in [5, 5.41) is 11.8. The van der Waals surface area contributed by atoms with Crippen LogP contribution in [0.4, 0.5) is 0 Å². The van der Waals surface area contributed by atoms with Gasteiger partial charge in [0.25, 0.3) is 0 Å². The van der Waals surface area contributed by atoms with Crippen LogP contribution in [0.25, 0.3) is 0 Å². The van der Waals surface area contributed by atoms with Crippen molar-refractivity contribution in [2.45, 2.75) is 38.6 Å². The Morgan fingerprint density at radius 1 is 1.54 bits per heavy atom. The van der Waals surface area contributed by atoms with E-state index in [4.69, 9.17) is 5.11 Å². The van der Waals surface area contributed by atoms with Gasteiger partial charge in [0.15, 0.2) is 0 Å². The third-order valence-electron chi connectivity index (χ3n) is 3.38. The maximum Gasteiger partial charge on any atom is 0.226 e. The first-order chi connectivity index (χ1) is 6.14. The molecule has 2 fully saturated rings. The Hall–Kier alpha value is -0.570. The summed E-state index contributed by atoms with van der Waals surface area (Å²) in [6.07, 6.45) is 3.99. The topological polar surface area (TPSA) is 49.3 Å². The number of nitrogens with one attached hydrogen (secondary N) is 1. The number of hydrogen-bond acceptors (Lipinski definition) is 2. The van der Waals surface area contributed by atoms with Crippen LogP contribution in [-0.4, -0.2) is 23.7 Å². The largest absolute Gasteiger partial charge is 0.396 e. The van der Waals surface area contributed by atoms with E-state index >= 15 is 0 Å². The summed E-state index contributed by atoms with van der Waals surface area (Å²) in [5.74, 6) is 0.645. The van der Waals surface area contributed by atoms with Gasteiger partial charge in [-0.15, -0.1) is 0 Å². The Balaban J connectivity index is 1.72. The number of aliphatic hydroxyl groups is 1. The second-order valence-electron chi connectivity index (χ2n) is 4.75. The molecule has 0 unspecified atom stereocenters. The third kappa shape index (κ3) is 1.70. The smallest absolute Gasteiger partial charge is 0.226 e. The molecule has 0 aromatic carbocycles. The van der Waals surface area contributed by atoms with E-state index in [-0.39, 0.29) is 17.9 Å². The van der Waals surface area contributed by atoms with Crippen molar-refractivity contribution in [1.29, 1.82) is 0 Å². The van der Waals surface area contributed by atoms with Crippen LogP contribution in [0, 0.1) is 11.3 Å². The van der Waals surface area contributed by atoms with E-state index in [1.54, 1.807) is 0 Å². The maximum absolute atomic E-state index is 11.6. The van der Waals surface area contributed by atoms with Crippen LogP contribution in [0.15, 0.2) is 0 Å².